The van der Waals surface area contributed by atoms with Crippen molar-refractivity contribution in [2.24, 2.45) is 5.92 Å². The molecule has 0 aliphatic carbocycles. The number of nitrogens with one attached hydrogen (secondary N) is 1. The number of carbonyl (C=O) groups excluding carboxylic acids is 1. The molecule has 0 spiro atoms. The van der Waals surface area contributed by atoms with Gasteiger partial charge in [-0.25, -0.2) is 0 Å². The Hall–Kier alpha value is -1.08. The van der Waals surface area contributed by atoms with Gasteiger partial charge in [-0.2, -0.15) is 5.26 Å². The maximum Gasteiger partial charge on any atom is 0.238 e. The van der Waals surface area contributed by atoms with E-state index in [0.29, 0.717) is 0 Å². The van der Waals surface area contributed by atoms with Gasteiger partial charge >= 0.3 is 0 Å². The lowest BCUT2D eigenvalue weighted by atomic mass is 9.89. The SMILES string of the molecule is CC(C)[C@@](C)(C#N)NC(=O)[C@H](C)N1CCCCC1. The number of rotatable bonds is 4. The maximum atomic E-state index is 12.2. The minimum Gasteiger partial charge on any atom is -0.336 e. The fourth-order valence-corrected chi connectivity index (χ4v) is 2.13. The molecule has 1 aliphatic heterocycles. The molecule has 102 valence electrons. The highest BCUT2D eigenvalue weighted by atomic mass is 16.2. The van der Waals surface area contributed by atoms with Crippen molar-refractivity contribution in [3.05, 3.63) is 0 Å². The largest absolute Gasteiger partial charge is 0.336 e. The van der Waals surface area contributed by atoms with Gasteiger partial charge in [0.15, 0.2) is 0 Å². The van der Waals surface area contributed by atoms with Crippen LogP contribution in [0.5, 0.6) is 0 Å². The van der Waals surface area contributed by atoms with E-state index in [0.717, 1.165) is 25.9 Å². The minimum atomic E-state index is -0.777. The summed E-state index contributed by atoms with van der Waals surface area (Å²) in [5.74, 6) is 0.0645. The fourth-order valence-electron chi connectivity index (χ4n) is 2.13. The lowest BCUT2D eigenvalue weighted by Gasteiger charge is -2.34. The topological polar surface area (TPSA) is 56.1 Å². The van der Waals surface area contributed by atoms with Crippen molar-refractivity contribution >= 4 is 5.91 Å². The summed E-state index contributed by atoms with van der Waals surface area (Å²) in [7, 11) is 0. The second kappa shape index (κ2) is 6.19. The van der Waals surface area contributed by atoms with Crippen LogP contribution in [0.1, 0.15) is 47.0 Å². The Morgan fingerprint density at radius 2 is 1.83 bits per heavy atom. The molecule has 0 aromatic heterocycles. The first-order chi connectivity index (χ1) is 8.40. The first-order valence-corrected chi connectivity index (χ1v) is 6.88. The highest BCUT2D eigenvalue weighted by Gasteiger charge is 2.33. The van der Waals surface area contributed by atoms with Crippen molar-refractivity contribution in [2.75, 3.05) is 13.1 Å². The summed E-state index contributed by atoms with van der Waals surface area (Å²) in [6.07, 6.45) is 3.58. The van der Waals surface area contributed by atoms with E-state index >= 15 is 0 Å². The quantitative estimate of drug-likeness (QED) is 0.830. The molecule has 1 amide bonds. The molecular formula is C14H25N3O. The predicted molar refractivity (Wildman–Crippen MR) is 71.9 cm³/mol. The number of hydrogen-bond acceptors (Lipinski definition) is 3. The molecule has 1 rings (SSSR count). The van der Waals surface area contributed by atoms with Crippen molar-refractivity contribution in [2.45, 2.75) is 58.5 Å². The van der Waals surface area contributed by atoms with Crippen LogP contribution in [0, 0.1) is 17.2 Å². The predicted octanol–water partition coefficient (Wildman–Crippen LogP) is 1.92. The third-order valence-electron chi connectivity index (χ3n) is 4.09. The van der Waals surface area contributed by atoms with Gasteiger partial charge in [0.25, 0.3) is 0 Å². The molecule has 18 heavy (non-hydrogen) atoms. The Bertz CT molecular complexity index is 328. The highest BCUT2D eigenvalue weighted by molar-refractivity contribution is 5.82. The molecule has 0 aromatic rings. The number of hydrogen-bond donors (Lipinski definition) is 1. The minimum absolute atomic E-state index is 0.0327. The van der Waals surface area contributed by atoms with Gasteiger partial charge in [0.1, 0.15) is 5.54 Å². The summed E-state index contributed by atoms with van der Waals surface area (Å²) in [4.78, 5) is 14.4. The van der Waals surface area contributed by atoms with Crippen LogP contribution >= 0.6 is 0 Å². The Morgan fingerprint density at radius 1 is 1.28 bits per heavy atom. The Labute approximate surface area is 110 Å². The zero-order chi connectivity index (χ0) is 13.8. The van der Waals surface area contributed by atoms with Gasteiger partial charge in [0.2, 0.25) is 5.91 Å². The molecule has 0 aromatic carbocycles. The fraction of sp³-hybridized carbons (Fsp3) is 0.857. The van der Waals surface area contributed by atoms with E-state index in [9.17, 15) is 10.1 Å². The van der Waals surface area contributed by atoms with Gasteiger partial charge < -0.3 is 5.32 Å². The molecule has 1 heterocycles. The number of carbonyl (C=O) groups is 1. The van der Waals surface area contributed by atoms with Gasteiger partial charge in [-0.1, -0.05) is 20.3 Å². The zero-order valence-electron chi connectivity index (χ0n) is 12.0. The average Bonchev–Trinajstić information content (AvgIpc) is 2.38. The van der Waals surface area contributed by atoms with E-state index in [1.807, 2.05) is 20.8 Å². The summed E-state index contributed by atoms with van der Waals surface area (Å²) >= 11 is 0. The van der Waals surface area contributed by atoms with Crippen LogP contribution in [0.4, 0.5) is 0 Å². The number of piperidine rings is 1. The van der Waals surface area contributed by atoms with Gasteiger partial charge in [0, 0.05) is 0 Å². The normalized spacial score (nSPS) is 22.0. The molecule has 4 heteroatoms. The Balaban J connectivity index is 2.61. The molecule has 2 atom stereocenters. The first kappa shape index (κ1) is 15.0. The summed E-state index contributed by atoms with van der Waals surface area (Å²) in [6.45, 7) is 9.60. The standard InChI is InChI=1S/C14H25N3O/c1-11(2)14(4,10-15)16-13(18)12(3)17-8-6-5-7-9-17/h11-12H,5-9H2,1-4H3,(H,16,18)/t12-,14+/m0/s1. The molecule has 0 bridgehead atoms. The van der Waals surface area contributed by atoms with Crippen LogP contribution in [0.3, 0.4) is 0 Å². The van der Waals surface area contributed by atoms with Crippen molar-refractivity contribution < 1.29 is 4.79 Å². The smallest absolute Gasteiger partial charge is 0.238 e. The molecule has 1 N–H and O–H groups in total. The molecule has 0 saturated carbocycles. The first-order valence-electron chi connectivity index (χ1n) is 6.88. The van der Waals surface area contributed by atoms with E-state index in [1.54, 1.807) is 6.92 Å². The van der Waals surface area contributed by atoms with E-state index in [1.165, 1.54) is 6.42 Å². The lowest BCUT2D eigenvalue weighted by molar-refractivity contribution is -0.127. The van der Waals surface area contributed by atoms with Crippen LogP contribution in [0.25, 0.3) is 0 Å². The molecular weight excluding hydrogens is 226 g/mol. The summed E-state index contributed by atoms with van der Waals surface area (Å²) in [6, 6.07) is 2.07. The van der Waals surface area contributed by atoms with Crippen LogP contribution in [-0.2, 0) is 4.79 Å². The van der Waals surface area contributed by atoms with E-state index < -0.39 is 5.54 Å². The number of likely N-dealkylation sites (tertiary alicyclic amines) is 1. The van der Waals surface area contributed by atoms with Gasteiger partial charge in [-0.3, -0.25) is 9.69 Å². The number of nitrogens with zero attached hydrogens (tertiary/aromatic N) is 2. The molecule has 0 radical (unpaired) electrons. The highest BCUT2D eigenvalue weighted by Crippen LogP contribution is 2.17. The van der Waals surface area contributed by atoms with E-state index in [4.69, 9.17) is 0 Å². The van der Waals surface area contributed by atoms with Crippen molar-refractivity contribution in [3.63, 3.8) is 0 Å². The van der Waals surface area contributed by atoms with Crippen LogP contribution in [0.2, 0.25) is 0 Å². The van der Waals surface area contributed by atoms with E-state index in [2.05, 4.69) is 16.3 Å². The molecule has 1 saturated heterocycles. The maximum absolute atomic E-state index is 12.2. The summed E-state index contributed by atoms with van der Waals surface area (Å²) in [5, 5.41) is 12.1. The van der Waals surface area contributed by atoms with Crippen LogP contribution < -0.4 is 5.32 Å². The van der Waals surface area contributed by atoms with Crippen molar-refractivity contribution in [1.29, 1.82) is 5.26 Å². The monoisotopic (exact) mass is 251 g/mol. The third-order valence-corrected chi connectivity index (χ3v) is 4.09. The van der Waals surface area contributed by atoms with Crippen LogP contribution in [-0.4, -0.2) is 35.5 Å². The van der Waals surface area contributed by atoms with Crippen molar-refractivity contribution in [3.8, 4) is 6.07 Å². The Morgan fingerprint density at radius 3 is 2.28 bits per heavy atom. The Kier molecular flexibility index (Phi) is 5.15. The lowest BCUT2D eigenvalue weighted by Crippen LogP contribution is -2.55. The van der Waals surface area contributed by atoms with Gasteiger partial charge in [-0.15, -0.1) is 0 Å². The average molecular weight is 251 g/mol. The number of nitriles is 1. The third kappa shape index (κ3) is 3.46. The van der Waals surface area contributed by atoms with Gasteiger partial charge in [-0.05, 0) is 45.7 Å². The zero-order valence-corrected chi connectivity index (χ0v) is 12.0. The second-order valence-corrected chi connectivity index (χ2v) is 5.73. The van der Waals surface area contributed by atoms with Crippen LogP contribution in [0.15, 0.2) is 0 Å². The summed E-state index contributed by atoms with van der Waals surface area (Å²) < 4.78 is 0. The molecule has 1 fully saturated rings. The van der Waals surface area contributed by atoms with Gasteiger partial charge in [0.05, 0.1) is 12.1 Å². The second-order valence-electron chi connectivity index (χ2n) is 5.73. The molecule has 1 aliphatic rings. The van der Waals surface area contributed by atoms with Crippen molar-refractivity contribution in [1.82, 2.24) is 10.2 Å². The summed E-state index contributed by atoms with van der Waals surface area (Å²) in [5.41, 5.74) is -0.777. The molecule has 4 nitrogen and oxygen atoms in total. The number of amides is 1. The molecule has 0 unspecified atom stereocenters. The van der Waals surface area contributed by atoms with E-state index in [-0.39, 0.29) is 17.9 Å².